The number of allylic oxidation sites excluding steroid dienone is 2. The summed E-state index contributed by atoms with van der Waals surface area (Å²) in [5.41, 5.74) is 0.797. The Bertz CT molecular complexity index is 1130. The van der Waals surface area contributed by atoms with E-state index in [2.05, 4.69) is 0 Å². The molecular formula is C22H18F2O4S. The molecule has 0 radical (unpaired) electrons. The second kappa shape index (κ2) is 7.75. The van der Waals surface area contributed by atoms with E-state index in [4.69, 9.17) is 0 Å². The van der Waals surface area contributed by atoms with E-state index >= 15 is 0 Å². The molecule has 2 unspecified atom stereocenters. The third-order valence-corrected chi connectivity index (χ3v) is 7.35. The van der Waals surface area contributed by atoms with Crippen LogP contribution in [0.1, 0.15) is 18.1 Å². The van der Waals surface area contributed by atoms with Crippen LogP contribution in [0.4, 0.5) is 8.78 Å². The van der Waals surface area contributed by atoms with Gasteiger partial charge >= 0.3 is 5.97 Å². The number of carboxylic acid groups (broad SMARTS) is 1. The fraction of sp³-hybridized carbons (Fsp3) is 0.136. The van der Waals surface area contributed by atoms with Crippen molar-refractivity contribution in [1.82, 2.24) is 0 Å². The monoisotopic (exact) mass is 416 g/mol. The Morgan fingerprint density at radius 2 is 1.76 bits per heavy atom. The second-order valence-corrected chi connectivity index (χ2v) is 9.17. The van der Waals surface area contributed by atoms with Crippen LogP contribution in [-0.4, -0.2) is 24.2 Å². The summed E-state index contributed by atoms with van der Waals surface area (Å²) in [6.07, 6.45) is 8.79. The van der Waals surface area contributed by atoms with Gasteiger partial charge in [-0.3, -0.25) is 4.79 Å². The first-order valence-corrected chi connectivity index (χ1v) is 10.2. The van der Waals surface area contributed by atoms with E-state index in [0.717, 1.165) is 12.1 Å². The number of carboxylic acids is 1. The van der Waals surface area contributed by atoms with Crippen molar-refractivity contribution in [2.24, 2.45) is 5.92 Å². The molecule has 0 saturated carbocycles. The molecule has 0 bridgehead atoms. The smallest absolute Gasteiger partial charge is 0.312 e. The van der Waals surface area contributed by atoms with E-state index in [-0.39, 0.29) is 10.5 Å². The minimum atomic E-state index is -4.00. The van der Waals surface area contributed by atoms with E-state index in [1.807, 2.05) is 0 Å². The van der Waals surface area contributed by atoms with Crippen LogP contribution < -0.4 is 0 Å². The molecule has 2 atom stereocenters. The van der Waals surface area contributed by atoms with Gasteiger partial charge in [-0.25, -0.2) is 17.2 Å². The summed E-state index contributed by atoms with van der Waals surface area (Å²) >= 11 is 0. The van der Waals surface area contributed by atoms with Crippen molar-refractivity contribution in [2.45, 2.75) is 16.6 Å². The van der Waals surface area contributed by atoms with E-state index in [0.29, 0.717) is 5.56 Å². The lowest BCUT2D eigenvalue weighted by Gasteiger charge is -2.32. The number of aliphatic carboxylic acids is 1. The van der Waals surface area contributed by atoms with Gasteiger partial charge in [0.05, 0.1) is 10.8 Å². The highest BCUT2D eigenvalue weighted by Gasteiger charge is 2.48. The average molecular weight is 416 g/mol. The van der Waals surface area contributed by atoms with Crippen LogP contribution in [0, 0.1) is 17.6 Å². The molecule has 150 valence electrons. The van der Waals surface area contributed by atoms with Crippen LogP contribution in [0.5, 0.6) is 0 Å². The molecule has 0 aliphatic heterocycles. The minimum absolute atomic E-state index is 0.0173. The SMILES string of the molecule is CC1(S(=O)(=O)c2ccc(/C=C/c3ccc(F)cc3F)cc2)C=CC=CC1C(=O)O. The molecule has 0 aromatic heterocycles. The van der Waals surface area contributed by atoms with Gasteiger partial charge in [-0.05, 0) is 36.8 Å². The first-order chi connectivity index (χ1) is 13.6. The standard InChI is InChI=1S/C22H18F2O4S/c1-22(13-3-2-4-19(22)21(25)26)29(27,28)18-11-6-15(7-12-18)5-8-16-9-10-17(23)14-20(16)24/h2-14,19H,1H3,(H,25,26)/b8-5+. The van der Waals surface area contributed by atoms with Gasteiger partial charge in [0.25, 0.3) is 0 Å². The summed E-state index contributed by atoms with van der Waals surface area (Å²) in [6, 6.07) is 9.05. The predicted molar refractivity (Wildman–Crippen MR) is 107 cm³/mol. The van der Waals surface area contributed by atoms with Gasteiger partial charge < -0.3 is 5.11 Å². The third-order valence-electron chi connectivity index (χ3n) is 4.91. The fourth-order valence-electron chi connectivity index (χ4n) is 3.14. The van der Waals surface area contributed by atoms with Gasteiger partial charge in [0.1, 0.15) is 16.4 Å². The highest BCUT2D eigenvalue weighted by Crippen LogP contribution is 2.37. The van der Waals surface area contributed by atoms with Gasteiger partial charge in [-0.2, -0.15) is 0 Å². The van der Waals surface area contributed by atoms with E-state index in [9.17, 15) is 27.1 Å². The van der Waals surface area contributed by atoms with Gasteiger partial charge in [-0.15, -0.1) is 0 Å². The largest absolute Gasteiger partial charge is 0.481 e. The normalized spacial score (nSPS) is 21.6. The van der Waals surface area contributed by atoms with E-state index < -0.39 is 38.1 Å². The number of hydrogen-bond donors (Lipinski definition) is 1. The summed E-state index contributed by atoms with van der Waals surface area (Å²) < 4.78 is 51.3. The van der Waals surface area contributed by atoms with Gasteiger partial charge in [0.15, 0.2) is 9.84 Å². The molecule has 2 aromatic rings. The Morgan fingerprint density at radius 1 is 1.07 bits per heavy atom. The number of sulfone groups is 1. The summed E-state index contributed by atoms with van der Waals surface area (Å²) in [6.45, 7) is 1.38. The number of hydrogen-bond acceptors (Lipinski definition) is 3. The molecule has 2 aromatic carbocycles. The van der Waals surface area contributed by atoms with Gasteiger partial charge in [0.2, 0.25) is 0 Å². The van der Waals surface area contributed by atoms with Crippen molar-refractivity contribution in [3.05, 3.63) is 89.5 Å². The molecule has 1 aliphatic carbocycles. The molecule has 0 spiro atoms. The Balaban J connectivity index is 1.89. The minimum Gasteiger partial charge on any atom is -0.481 e. The van der Waals surface area contributed by atoms with Crippen molar-refractivity contribution in [3.8, 4) is 0 Å². The fourth-order valence-corrected chi connectivity index (χ4v) is 4.91. The van der Waals surface area contributed by atoms with Gasteiger partial charge in [-0.1, -0.05) is 48.6 Å². The number of halogens is 2. The van der Waals surface area contributed by atoms with Crippen LogP contribution in [0.25, 0.3) is 12.2 Å². The molecule has 3 rings (SSSR count). The Morgan fingerprint density at radius 3 is 2.38 bits per heavy atom. The summed E-state index contributed by atoms with van der Waals surface area (Å²) in [4.78, 5) is 11.5. The van der Waals surface area contributed by atoms with Crippen molar-refractivity contribution >= 4 is 28.0 Å². The second-order valence-electron chi connectivity index (χ2n) is 6.82. The molecule has 4 nitrogen and oxygen atoms in total. The lowest BCUT2D eigenvalue weighted by molar-refractivity contribution is -0.140. The maximum Gasteiger partial charge on any atom is 0.312 e. The van der Waals surface area contributed by atoms with Crippen molar-refractivity contribution in [1.29, 1.82) is 0 Å². The van der Waals surface area contributed by atoms with Crippen LogP contribution in [0.15, 0.2) is 71.7 Å². The van der Waals surface area contributed by atoms with Crippen LogP contribution in [-0.2, 0) is 14.6 Å². The quantitative estimate of drug-likeness (QED) is 0.729. The summed E-state index contributed by atoms with van der Waals surface area (Å²) in [5.74, 6) is -3.81. The highest BCUT2D eigenvalue weighted by molar-refractivity contribution is 7.93. The van der Waals surface area contributed by atoms with Crippen LogP contribution in [0.2, 0.25) is 0 Å². The van der Waals surface area contributed by atoms with Crippen LogP contribution in [0.3, 0.4) is 0 Å². The first kappa shape index (κ1) is 20.7. The third kappa shape index (κ3) is 3.91. The number of carbonyl (C=O) groups is 1. The van der Waals surface area contributed by atoms with E-state index in [1.54, 1.807) is 6.08 Å². The molecule has 0 fully saturated rings. The zero-order chi connectivity index (χ0) is 21.2. The van der Waals surface area contributed by atoms with Gasteiger partial charge in [0, 0.05) is 11.6 Å². The topological polar surface area (TPSA) is 71.4 Å². The molecule has 1 N–H and O–H groups in total. The number of benzene rings is 2. The molecule has 7 heteroatoms. The molecular weight excluding hydrogens is 398 g/mol. The lowest BCUT2D eigenvalue weighted by atomic mass is 9.89. The maximum atomic E-state index is 13.7. The predicted octanol–water partition coefficient (Wildman–Crippen LogP) is 4.49. The zero-order valence-corrected chi connectivity index (χ0v) is 16.2. The number of rotatable bonds is 5. The van der Waals surface area contributed by atoms with Crippen LogP contribution >= 0.6 is 0 Å². The Labute approximate surface area is 167 Å². The zero-order valence-electron chi connectivity index (χ0n) is 15.4. The Hall–Kier alpha value is -3.06. The van der Waals surface area contributed by atoms with E-state index in [1.165, 1.54) is 67.6 Å². The maximum absolute atomic E-state index is 13.7. The first-order valence-electron chi connectivity index (χ1n) is 8.72. The molecule has 0 heterocycles. The highest BCUT2D eigenvalue weighted by atomic mass is 32.2. The van der Waals surface area contributed by atoms with Crippen molar-refractivity contribution in [3.63, 3.8) is 0 Å². The van der Waals surface area contributed by atoms with Crippen molar-refractivity contribution in [2.75, 3.05) is 0 Å². The molecule has 0 saturated heterocycles. The molecule has 0 amide bonds. The Kier molecular flexibility index (Phi) is 5.53. The summed E-state index contributed by atoms with van der Waals surface area (Å²) in [5, 5.41) is 9.43. The average Bonchev–Trinajstić information content (AvgIpc) is 2.67. The summed E-state index contributed by atoms with van der Waals surface area (Å²) in [7, 11) is -4.00. The molecule has 1 aliphatic rings. The van der Waals surface area contributed by atoms with Crippen molar-refractivity contribution < 1.29 is 27.1 Å². The lowest BCUT2D eigenvalue weighted by Crippen LogP contribution is -2.45. The molecule has 29 heavy (non-hydrogen) atoms.